The first-order valence-electron chi connectivity index (χ1n) is 8.36. The van der Waals surface area contributed by atoms with Gasteiger partial charge in [-0.3, -0.25) is 0 Å². The zero-order valence-electron chi connectivity index (χ0n) is 13.8. The van der Waals surface area contributed by atoms with Crippen molar-refractivity contribution >= 4 is 6.09 Å². The highest BCUT2D eigenvalue weighted by Crippen LogP contribution is 2.21. The summed E-state index contributed by atoms with van der Waals surface area (Å²) in [6.45, 7) is 10.8. The van der Waals surface area contributed by atoms with E-state index >= 15 is 0 Å². The first kappa shape index (κ1) is 16.6. The van der Waals surface area contributed by atoms with Crippen molar-refractivity contribution in [3.05, 3.63) is 0 Å². The zero-order chi connectivity index (χ0) is 15.3. The number of amides is 1. The van der Waals surface area contributed by atoms with Crippen LogP contribution < -0.4 is 10.6 Å². The molecule has 5 nitrogen and oxygen atoms in total. The van der Waals surface area contributed by atoms with Crippen molar-refractivity contribution in [2.45, 2.75) is 58.1 Å². The maximum Gasteiger partial charge on any atom is 0.410 e. The number of ether oxygens (including phenoxy) is 1. The van der Waals surface area contributed by atoms with Gasteiger partial charge in [-0.15, -0.1) is 0 Å². The molecule has 0 aliphatic carbocycles. The van der Waals surface area contributed by atoms with Crippen LogP contribution in [0.3, 0.4) is 0 Å². The molecule has 2 rings (SSSR count). The SMILES string of the molecule is CC(C)(C)OC(=O)N1CCC(CCNC2CCNCC2)C1. The average molecular weight is 297 g/mol. The van der Waals surface area contributed by atoms with Gasteiger partial charge < -0.3 is 20.3 Å². The number of likely N-dealkylation sites (tertiary alicyclic amines) is 1. The van der Waals surface area contributed by atoms with Crippen molar-refractivity contribution in [1.82, 2.24) is 15.5 Å². The monoisotopic (exact) mass is 297 g/mol. The lowest BCUT2D eigenvalue weighted by Gasteiger charge is -2.25. The third-order valence-corrected chi connectivity index (χ3v) is 4.26. The topological polar surface area (TPSA) is 53.6 Å². The van der Waals surface area contributed by atoms with Crippen LogP contribution in [0, 0.1) is 5.92 Å². The van der Waals surface area contributed by atoms with Gasteiger partial charge in [-0.2, -0.15) is 0 Å². The van der Waals surface area contributed by atoms with Gasteiger partial charge in [0, 0.05) is 19.1 Å². The molecule has 122 valence electrons. The molecule has 1 unspecified atom stereocenters. The summed E-state index contributed by atoms with van der Waals surface area (Å²) in [5.41, 5.74) is -0.397. The van der Waals surface area contributed by atoms with Crippen LogP contribution in [0.5, 0.6) is 0 Å². The fourth-order valence-corrected chi connectivity index (χ4v) is 3.08. The van der Waals surface area contributed by atoms with E-state index in [4.69, 9.17) is 4.74 Å². The third-order valence-electron chi connectivity index (χ3n) is 4.26. The molecular weight excluding hydrogens is 266 g/mol. The molecule has 0 saturated carbocycles. The highest BCUT2D eigenvalue weighted by molar-refractivity contribution is 5.68. The molecule has 2 aliphatic rings. The fraction of sp³-hybridized carbons (Fsp3) is 0.938. The summed E-state index contributed by atoms with van der Waals surface area (Å²) in [5, 5.41) is 7.04. The van der Waals surface area contributed by atoms with E-state index in [-0.39, 0.29) is 6.09 Å². The average Bonchev–Trinajstić information content (AvgIpc) is 2.87. The van der Waals surface area contributed by atoms with Crippen molar-refractivity contribution in [2.75, 3.05) is 32.7 Å². The molecule has 0 radical (unpaired) electrons. The Labute approximate surface area is 128 Å². The van der Waals surface area contributed by atoms with Crippen LogP contribution in [0.25, 0.3) is 0 Å². The number of hydrogen-bond acceptors (Lipinski definition) is 4. The Morgan fingerprint density at radius 2 is 2.00 bits per heavy atom. The summed E-state index contributed by atoms with van der Waals surface area (Å²) < 4.78 is 5.43. The van der Waals surface area contributed by atoms with E-state index in [1.165, 1.54) is 12.8 Å². The van der Waals surface area contributed by atoms with Crippen molar-refractivity contribution < 1.29 is 9.53 Å². The van der Waals surface area contributed by atoms with Crippen LogP contribution in [0.4, 0.5) is 4.79 Å². The minimum absolute atomic E-state index is 0.156. The summed E-state index contributed by atoms with van der Waals surface area (Å²) in [5.74, 6) is 0.617. The van der Waals surface area contributed by atoms with Gasteiger partial charge >= 0.3 is 6.09 Å². The zero-order valence-corrected chi connectivity index (χ0v) is 13.8. The van der Waals surface area contributed by atoms with Gasteiger partial charge in [-0.1, -0.05) is 0 Å². The van der Waals surface area contributed by atoms with E-state index in [0.717, 1.165) is 45.6 Å². The second-order valence-electron chi connectivity index (χ2n) is 7.35. The second-order valence-corrected chi connectivity index (χ2v) is 7.35. The first-order valence-corrected chi connectivity index (χ1v) is 8.36. The summed E-state index contributed by atoms with van der Waals surface area (Å²) in [4.78, 5) is 13.9. The first-order chi connectivity index (χ1) is 9.94. The standard InChI is InChI=1S/C16H31N3O2/c1-16(2,3)21-15(20)19-11-7-13(12-19)4-10-18-14-5-8-17-9-6-14/h13-14,17-18H,4-12H2,1-3H3. The van der Waals surface area contributed by atoms with E-state index in [0.29, 0.717) is 12.0 Å². The maximum atomic E-state index is 12.0. The predicted molar refractivity (Wildman–Crippen MR) is 84.4 cm³/mol. The number of hydrogen-bond donors (Lipinski definition) is 2. The maximum absolute atomic E-state index is 12.0. The van der Waals surface area contributed by atoms with Gasteiger partial charge in [-0.05, 0) is 72.0 Å². The molecular formula is C16H31N3O2. The van der Waals surface area contributed by atoms with E-state index in [1.807, 2.05) is 25.7 Å². The molecule has 0 spiro atoms. The molecule has 0 aromatic rings. The van der Waals surface area contributed by atoms with Gasteiger partial charge in [0.05, 0.1) is 0 Å². The van der Waals surface area contributed by atoms with Crippen LogP contribution in [0.1, 0.15) is 46.5 Å². The van der Waals surface area contributed by atoms with Crippen LogP contribution in [0.2, 0.25) is 0 Å². The van der Waals surface area contributed by atoms with Crippen LogP contribution in [-0.2, 0) is 4.74 Å². The largest absolute Gasteiger partial charge is 0.444 e. The van der Waals surface area contributed by atoms with E-state index in [1.54, 1.807) is 0 Å². The lowest BCUT2D eigenvalue weighted by Crippen LogP contribution is -2.40. The fourth-order valence-electron chi connectivity index (χ4n) is 3.08. The summed E-state index contributed by atoms with van der Waals surface area (Å²) >= 11 is 0. The molecule has 0 aromatic heterocycles. The Balaban J connectivity index is 1.62. The molecule has 0 aromatic carbocycles. The number of nitrogens with zero attached hydrogens (tertiary/aromatic N) is 1. The molecule has 2 aliphatic heterocycles. The number of piperidine rings is 1. The Kier molecular flexibility index (Phi) is 5.88. The molecule has 21 heavy (non-hydrogen) atoms. The number of rotatable bonds is 4. The van der Waals surface area contributed by atoms with E-state index in [2.05, 4.69) is 10.6 Å². The van der Waals surface area contributed by atoms with Gasteiger partial charge in [0.1, 0.15) is 5.60 Å². The van der Waals surface area contributed by atoms with Crippen molar-refractivity contribution in [1.29, 1.82) is 0 Å². The minimum Gasteiger partial charge on any atom is -0.444 e. The minimum atomic E-state index is -0.397. The van der Waals surface area contributed by atoms with Crippen LogP contribution in [0.15, 0.2) is 0 Å². The molecule has 2 fully saturated rings. The van der Waals surface area contributed by atoms with Crippen molar-refractivity contribution in [3.8, 4) is 0 Å². The highest BCUT2D eigenvalue weighted by atomic mass is 16.6. The van der Waals surface area contributed by atoms with Gasteiger partial charge in [0.2, 0.25) is 0 Å². The number of carbonyl (C=O) groups is 1. The predicted octanol–water partition coefficient (Wildman–Crippen LogP) is 1.98. The lowest BCUT2D eigenvalue weighted by molar-refractivity contribution is 0.0287. The summed E-state index contributed by atoms with van der Waals surface area (Å²) in [6, 6.07) is 0.676. The van der Waals surface area contributed by atoms with Crippen molar-refractivity contribution in [2.24, 2.45) is 5.92 Å². The van der Waals surface area contributed by atoms with Crippen LogP contribution >= 0.6 is 0 Å². The number of nitrogens with one attached hydrogen (secondary N) is 2. The molecule has 2 saturated heterocycles. The molecule has 1 atom stereocenters. The molecule has 1 amide bonds. The van der Waals surface area contributed by atoms with Gasteiger partial charge in [0.15, 0.2) is 0 Å². The second kappa shape index (κ2) is 7.45. The van der Waals surface area contributed by atoms with Crippen LogP contribution in [-0.4, -0.2) is 55.4 Å². The Morgan fingerprint density at radius 1 is 1.29 bits per heavy atom. The summed E-state index contributed by atoms with van der Waals surface area (Å²) in [6.07, 6.45) is 4.57. The lowest BCUT2D eigenvalue weighted by atomic mass is 10.0. The Morgan fingerprint density at radius 3 is 2.67 bits per heavy atom. The van der Waals surface area contributed by atoms with E-state index in [9.17, 15) is 4.79 Å². The summed E-state index contributed by atoms with van der Waals surface area (Å²) in [7, 11) is 0. The quantitative estimate of drug-likeness (QED) is 0.833. The molecule has 0 bridgehead atoms. The highest BCUT2D eigenvalue weighted by Gasteiger charge is 2.29. The smallest absolute Gasteiger partial charge is 0.410 e. The Bertz CT molecular complexity index is 335. The molecule has 2 N–H and O–H groups in total. The normalized spacial score (nSPS) is 24.3. The Hall–Kier alpha value is -0.810. The van der Waals surface area contributed by atoms with Gasteiger partial charge in [-0.25, -0.2) is 4.79 Å². The van der Waals surface area contributed by atoms with Gasteiger partial charge in [0.25, 0.3) is 0 Å². The van der Waals surface area contributed by atoms with Crippen molar-refractivity contribution in [3.63, 3.8) is 0 Å². The molecule has 2 heterocycles. The third kappa shape index (κ3) is 5.83. The number of carbonyl (C=O) groups excluding carboxylic acids is 1. The molecule has 5 heteroatoms. The van der Waals surface area contributed by atoms with E-state index < -0.39 is 5.60 Å².